The third kappa shape index (κ3) is 5.12. The van der Waals surface area contributed by atoms with Crippen molar-refractivity contribution in [3.05, 3.63) is 108 Å². The molecule has 0 aliphatic carbocycles. The fourth-order valence-corrected chi connectivity index (χ4v) is 3.21. The van der Waals surface area contributed by atoms with Crippen LogP contribution in [-0.2, 0) is 11.2 Å². The number of para-hydroxylation sites is 1. The topological polar surface area (TPSA) is 78.9 Å². The third-order valence-corrected chi connectivity index (χ3v) is 4.74. The summed E-state index contributed by atoms with van der Waals surface area (Å²) in [6.45, 7) is 1.93. The van der Waals surface area contributed by atoms with Crippen LogP contribution in [0.2, 0.25) is 0 Å². The maximum atomic E-state index is 14.5. The summed E-state index contributed by atoms with van der Waals surface area (Å²) < 4.78 is 26.8. The van der Waals surface area contributed by atoms with Gasteiger partial charge in [0.2, 0.25) is 5.89 Å². The molecule has 2 heterocycles. The first-order valence-corrected chi connectivity index (χ1v) is 10.3. The second-order valence-electron chi connectivity index (χ2n) is 6.97. The molecule has 0 aliphatic rings. The first kappa shape index (κ1) is 21.9. The van der Waals surface area contributed by atoms with Gasteiger partial charge in [0, 0.05) is 11.6 Å². The maximum Gasteiger partial charge on any atom is 0.233 e. The van der Waals surface area contributed by atoms with Crippen molar-refractivity contribution in [2.75, 3.05) is 7.11 Å². The van der Waals surface area contributed by atoms with E-state index in [0.717, 1.165) is 5.56 Å². The Morgan fingerprint density at radius 2 is 1.88 bits per heavy atom. The summed E-state index contributed by atoms with van der Waals surface area (Å²) in [7, 11) is 1.57. The Bertz CT molecular complexity index is 1310. The van der Waals surface area contributed by atoms with E-state index in [2.05, 4.69) is 20.5 Å². The molecule has 7 nitrogen and oxygen atoms in total. The lowest BCUT2D eigenvalue weighted by Crippen LogP contribution is -2.03. The average molecular weight is 443 g/mol. The van der Waals surface area contributed by atoms with Crippen LogP contribution < -0.4 is 0 Å². The van der Waals surface area contributed by atoms with Crippen LogP contribution in [0.3, 0.4) is 0 Å². The molecule has 8 heteroatoms. The highest BCUT2D eigenvalue weighted by Gasteiger charge is 2.20. The molecule has 0 atom stereocenters. The standard InChI is InChI=1S/C25H22FN5O2/c1-3-4-6-13-19(32-2)16-23-27-24(33-29-23)17-21-25(18-11-7-5-8-12-18)31(30-28-21)22-15-10-9-14-20(22)26/h3-16H,17H2,1-2H3/b4-3-,13-6-,19-16-. The lowest BCUT2D eigenvalue weighted by Gasteiger charge is -2.08. The number of hydrogen-bond acceptors (Lipinski definition) is 6. The molecule has 4 aromatic rings. The highest BCUT2D eigenvalue weighted by Crippen LogP contribution is 2.27. The molecule has 2 aromatic heterocycles. The van der Waals surface area contributed by atoms with Gasteiger partial charge in [-0.3, -0.25) is 0 Å². The normalized spacial score (nSPS) is 12.2. The van der Waals surface area contributed by atoms with E-state index in [0.29, 0.717) is 34.5 Å². The van der Waals surface area contributed by atoms with E-state index in [1.165, 1.54) is 10.7 Å². The number of halogens is 1. The van der Waals surface area contributed by atoms with Gasteiger partial charge in [0.25, 0.3) is 0 Å². The Morgan fingerprint density at radius 3 is 2.64 bits per heavy atom. The summed E-state index contributed by atoms with van der Waals surface area (Å²) in [6, 6.07) is 16.0. The molecule has 0 saturated heterocycles. The van der Waals surface area contributed by atoms with Gasteiger partial charge in [0.1, 0.15) is 23.0 Å². The Kier molecular flexibility index (Phi) is 6.84. The number of aromatic nitrogens is 5. The van der Waals surface area contributed by atoms with Gasteiger partial charge in [-0.1, -0.05) is 71.1 Å². The monoisotopic (exact) mass is 443 g/mol. The van der Waals surface area contributed by atoms with Gasteiger partial charge in [-0.15, -0.1) is 5.10 Å². The first-order valence-electron chi connectivity index (χ1n) is 10.3. The summed E-state index contributed by atoms with van der Waals surface area (Å²) >= 11 is 0. The van der Waals surface area contributed by atoms with Crippen LogP contribution in [0.15, 0.2) is 89.2 Å². The van der Waals surface area contributed by atoms with Gasteiger partial charge in [-0.2, -0.15) is 4.98 Å². The zero-order valence-corrected chi connectivity index (χ0v) is 18.2. The van der Waals surface area contributed by atoms with Crippen LogP contribution in [-0.4, -0.2) is 32.2 Å². The third-order valence-electron chi connectivity index (χ3n) is 4.74. The van der Waals surface area contributed by atoms with Gasteiger partial charge in [0.15, 0.2) is 5.82 Å². The summed E-state index contributed by atoms with van der Waals surface area (Å²) in [5.74, 6) is 0.909. The molecule has 0 saturated carbocycles. The van der Waals surface area contributed by atoms with E-state index in [9.17, 15) is 4.39 Å². The van der Waals surface area contributed by atoms with Crippen molar-refractivity contribution in [2.24, 2.45) is 0 Å². The number of ether oxygens (including phenoxy) is 1. The van der Waals surface area contributed by atoms with Gasteiger partial charge in [0.05, 0.1) is 19.2 Å². The SMILES string of the molecule is C\C=C/C=C\C(=C\c1noc(Cc2nnn(-c3ccccc3F)c2-c2ccccc2)n1)OC. The van der Waals surface area contributed by atoms with Crippen LogP contribution in [0.1, 0.15) is 24.3 Å². The summed E-state index contributed by atoms with van der Waals surface area (Å²) in [5.41, 5.74) is 2.39. The van der Waals surface area contributed by atoms with Crippen LogP contribution in [0.5, 0.6) is 0 Å². The Labute approximate surface area is 190 Å². The Hall–Kier alpha value is -4.33. The number of hydrogen-bond donors (Lipinski definition) is 0. The highest BCUT2D eigenvalue weighted by atomic mass is 19.1. The first-order chi connectivity index (χ1) is 16.2. The quantitative estimate of drug-likeness (QED) is 0.276. The maximum absolute atomic E-state index is 14.5. The number of benzene rings is 2. The Balaban J connectivity index is 1.68. The van der Waals surface area contributed by atoms with E-state index < -0.39 is 5.82 Å². The van der Waals surface area contributed by atoms with E-state index >= 15 is 0 Å². The summed E-state index contributed by atoms with van der Waals surface area (Å²) in [4.78, 5) is 4.42. The fourth-order valence-electron chi connectivity index (χ4n) is 3.21. The van der Waals surface area contributed by atoms with Crippen molar-refractivity contribution in [3.63, 3.8) is 0 Å². The molecule has 0 unspecified atom stereocenters. The van der Waals surface area contributed by atoms with Crippen molar-refractivity contribution in [1.29, 1.82) is 0 Å². The summed E-state index contributed by atoms with van der Waals surface area (Å²) in [5, 5.41) is 12.5. The minimum atomic E-state index is -0.394. The molecule has 0 N–H and O–H groups in total. The van der Waals surface area contributed by atoms with Crippen molar-refractivity contribution >= 4 is 6.08 Å². The van der Waals surface area contributed by atoms with Crippen molar-refractivity contribution in [2.45, 2.75) is 13.3 Å². The molecule has 166 valence electrons. The molecule has 2 aromatic carbocycles. The van der Waals surface area contributed by atoms with Crippen LogP contribution in [0.4, 0.5) is 4.39 Å². The van der Waals surface area contributed by atoms with E-state index in [-0.39, 0.29) is 6.42 Å². The van der Waals surface area contributed by atoms with Crippen LogP contribution >= 0.6 is 0 Å². The predicted molar refractivity (Wildman–Crippen MR) is 123 cm³/mol. The number of methoxy groups -OCH3 is 1. The average Bonchev–Trinajstić information content (AvgIpc) is 3.46. The van der Waals surface area contributed by atoms with Crippen molar-refractivity contribution < 1.29 is 13.7 Å². The number of allylic oxidation sites excluding steroid dienone is 4. The van der Waals surface area contributed by atoms with E-state index in [4.69, 9.17) is 9.26 Å². The minimum Gasteiger partial charge on any atom is -0.497 e. The van der Waals surface area contributed by atoms with Crippen molar-refractivity contribution in [1.82, 2.24) is 25.1 Å². The second-order valence-corrected chi connectivity index (χ2v) is 6.97. The predicted octanol–water partition coefficient (Wildman–Crippen LogP) is 5.17. The fraction of sp³-hybridized carbons (Fsp3) is 0.120. The lowest BCUT2D eigenvalue weighted by molar-refractivity contribution is 0.310. The van der Waals surface area contributed by atoms with Gasteiger partial charge in [-0.25, -0.2) is 9.07 Å². The zero-order chi connectivity index (χ0) is 23.0. The molecule has 33 heavy (non-hydrogen) atoms. The highest BCUT2D eigenvalue weighted by molar-refractivity contribution is 5.64. The van der Waals surface area contributed by atoms with Gasteiger partial charge >= 0.3 is 0 Å². The minimum absolute atomic E-state index is 0.232. The molecule has 4 rings (SSSR count). The number of nitrogens with zero attached hydrogens (tertiary/aromatic N) is 5. The molecule has 0 spiro atoms. The lowest BCUT2D eigenvalue weighted by atomic mass is 10.1. The van der Waals surface area contributed by atoms with Crippen molar-refractivity contribution in [3.8, 4) is 16.9 Å². The molecular formula is C25H22FN5O2. The zero-order valence-electron chi connectivity index (χ0n) is 18.2. The van der Waals surface area contributed by atoms with Crippen LogP contribution in [0.25, 0.3) is 23.0 Å². The smallest absolute Gasteiger partial charge is 0.233 e. The van der Waals surface area contributed by atoms with Crippen LogP contribution in [0, 0.1) is 5.82 Å². The molecule has 0 radical (unpaired) electrons. The van der Waals surface area contributed by atoms with E-state index in [1.807, 2.05) is 55.5 Å². The second kappa shape index (κ2) is 10.3. The molecular weight excluding hydrogens is 421 g/mol. The number of rotatable bonds is 8. The summed E-state index contributed by atoms with van der Waals surface area (Å²) in [6.07, 6.45) is 9.35. The molecule has 0 bridgehead atoms. The molecule has 0 aliphatic heterocycles. The molecule has 0 amide bonds. The van der Waals surface area contributed by atoms with E-state index in [1.54, 1.807) is 37.5 Å². The largest absolute Gasteiger partial charge is 0.497 e. The Morgan fingerprint density at radius 1 is 1.09 bits per heavy atom. The van der Waals surface area contributed by atoms with Gasteiger partial charge < -0.3 is 9.26 Å². The molecule has 0 fully saturated rings. The van der Waals surface area contributed by atoms with Gasteiger partial charge in [-0.05, 0) is 25.1 Å².